The van der Waals surface area contributed by atoms with E-state index < -0.39 is 11.1 Å². The minimum absolute atomic E-state index is 0.166. The number of likely N-dealkylation sites (N-methyl/N-ethyl adjacent to an activating group) is 1. The number of carbonyl (C=O) groups excluding carboxylic acids is 1. The maximum absolute atomic E-state index is 13.2. The molecule has 0 bridgehead atoms. The summed E-state index contributed by atoms with van der Waals surface area (Å²) in [4.78, 5) is 15.1. The van der Waals surface area contributed by atoms with Gasteiger partial charge in [-0.15, -0.1) is 0 Å². The molecule has 0 fully saturated rings. The number of carbonyl (C=O) groups is 1. The predicted octanol–water partition coefficient (Wildman–Crippen LogP) is 0.914. The Kier molecular flexibility index (Phi) is 7.94. The van der Waals surface area contributed by atoms with Gasteiger partial charge >= 0.3 is 0 Å². The first-order valence-corrected chi connectivity index (χ1v) is 5.75. The second-order valence-corrected chi connectivity index (χ2v) is 3.34. The molecule has 0 radical (unpaired) electrons. The molecule has 0 aliphatic heterocycles. The fourth-order valence-electron chi connectivity index (χ4n) is 0.809. The molecule has 0 aliphatic rings. The number of thioether (sulfide) groups is 1. The van der Waals surface area contributed by atoms with Gasteiger partial charge in [-0.25, -0.2) is 0 Å². The summed E-state index contributed by atoms with van der Waals surface area (Å²) in [5.41, 5.74) is -0.166. The molecule has 0 heterocycles. The average Bonchev–Trinajstić information content (AvgIpc) is 2.25. The minimum atomic E-state index is -0.574. The van der Waals surface area contributed by atoms with Crippen molar-refractivity contribution in [2.24, 2.45) is 4.99 Å². The second-order valence-electron chi connectivity index (χ2n) is 2.57. The maximum Gasteiger partial charge on any atom is 0.273 e. The molecule has 0 spiro atoms. The molecular formula is C9H16FN3OS. The summed E-state index contributed by atoms with van der Waals surface area (Å²) in [5, 5.41) is 4.85. The summed E-state index contributed by atoms with van der Waals surface area (Å²) in [6, 6.07) is 0. The van der Waals surface area contributed by atoms with Crippen molar-refractivity contribution >= 4 is 23.9 Å². The zero-order valence-corrected chi connectivity index (χ0v) is 9.95. The Hall–Kier alpha value is -0.880. The van der Waals surface area contributed by atoms with Gasteiger partial charge in [-0.3, -0.25) is 9.79 Å². The van der Waals surface area contributed by atoms with Gasteiger partial charge in [0.2, 0.25) is 0 Å². The number of hydrogen-bond acceptors (Lipinski definition) is 4. The number of amides is 1. The summed E-state index contributed by atoms with van der Waals surface area (Å²) in [6.45, 7) is 2.71. The number of hydrogen-bond donors (Lipinski definition) is 2. The molecule has 0 atom stereocenters. The third-order valence-corrected chi connectivity index (χ3v) is 2.05. The SMILES string of the molecule is CC=N/C(C(=O)NCCNC)=C(/F)SC. The monoisotopic (exact) mass is 233 g/mol. The van der Waals surface area contributed by atoms with E-state index in [1.165, 1.54) is 6.21 Å². The van der Waals surface area contributed by atoms with Crippen LogP contribution in [0.15, 0.2) is 15.8 Å². The molecule has 0 unspecified atom stereocenters. The van der Waals surface area contributed by atoms with Gasteiger partial charge in [-0.05, 0) is 20.2 Å². The third-order valence-electron chi connectivity index (χ3n) is 1.50. The van der Waals surface area contributed by atoms with Gasteiger partial charge in [0.1, 0.15) is 0 Å². The Balaban J connectivity index is 4.44. The molecule has 15 heavy (non-hydrogen) atoms. The highest BCUT2D eigenvalue weighted by molar-refractivity contribution is 8.02. The first-order valence-electron chi connectivity index (χ1n) is 4.52. The smallest absolute Gasteiger partial charge is 0.273 e. The summed E-state index contributed by atoms with van der Waals surface area (Å²) < 4.78 is 13.2. The van der Waals surface area contributed by atoms with Crippen molar-refractivity contribution in [3.05, 3.63) is 10.9 Å². The third kappa shape index (κ3) is 5.54. The lowest BCUT2D eigenvalue weighted by Crippen LogP contribution is -2.31. The minimum Gasteiger partial charge on any atom is -0.349 e. The Morgan fingerprint density at radius 3 is 2.67 bits per heavy atom. The van der Waals surface area contributed by atoms with Gasteiger partial charge in [0.05, 0.1) is 0 Å². The van der Waals surface area contributed by atoms with Crippen LogP contribution in [0.1, 0.15) is 6.92 Å². The Morgan fingerprint density at radius 2 is 2.20 bits per heavy atom. The molecule has 0 aliphatic carbocycles. The van der Waals surface area contributed by atoms with Crippen molar-refractivity contribution in [1.29, 1.82) is 0 Å². The zero-order chi connectivity index (χ0) is 11.7. The number of nitrogens with one attached hydrogen (secondary N) is 2. The van der Waals surface area contributed by atoms with Crippen LogP contribution in [-0.2, 0) is 4.79 Å². The van der Waals surface area contributed by atoms with E-state index in [-0.39, 0.29) is 5.70 Å². The van der Waals surface area contributed by atoms with E-state index in [0.29, 0.717) is 13.1 Å². The Labute approximate surface area is 93.4 Å². The van der Waals surface area contributed by atoms with Crippen LogP contribution in [0.3, 0.4) is 0 Å². The molecule has 0 rings (SSSR count). The average molecular weight is 233 g/mol. The van der Waals surface area contributed by atoms with Crippen LogP contribution in [0.5, 0.6) is 0 Å². The quantitative estimate of drug-likeness (QED) is 0.407. The van der Waals surface area contributed by atoms with Crippen molar-refractivity contribution in [2.75, 3.05) is 26.4 Å². The van der Waals surface area contributed by atoms with E-state index in [1.807, 2.05) is 0 Å². The van der Waals surface area contributed by atoms with E-state index in [0.717, 1.165) is 11.8 Å². The maximum atomic E-state index is 13.2. The fourth-order valence-corrected chi connectivity index (χ4v) is 1.15. The molecule has 0 saturated heterocycles. The van der Waals surface area contributed by atoms with Gasteiger partial charge in [-0.2, -0.15) is 4.39 Å². The molecule has 86 valence electrons. The summed E-state index contributed by atoms with van der Waals surface area (Å²) >= 11 is 0.863. The van der Waals surface area contributed by atoms with Crippen molar-refractivity contribution in [2.45, 2.75) is 6.92 Å². The lowest BCUT2D eigenvalue weighted by atomic mass is 10.4. The van der Waals surface area contributed by atoms with E-state index in [2.05, 4.69) is 15.6 Å². The summed E-state index contributed by atoms with van der Waals surface area (Å²) in [5.74, 6) is -0.491. The van der Waals surface area contributed by atoms with Gasteiger partial charge in [0, 0.05) is 19.3 Å². The number of aliphatic imine (C=N–C) groups is 1. The highest BCUT2D eigenvalue weighted by Crippen LogP contribution is 2.18. The number of nitrogens with zero attached hydrogens (tertiary/aromatic N) is 1. The molecule has 4 nitrogen and oxygen atoms in total. The van der Waals surface area contributed by atoms with Crippen molar-refractivity contribution < 1.29 is 9.18 Å². The molecule has 0 aromatic heterocycles. The molecule has 0 aromatic rings. The lowest BCUT2D eigenvalue weighted by Gasteiger charge is -2.05. The van der Waals surface area contributed by atoms with Crippen LogP contribution >= 0.6 is 11.8 Å². The highest BCUT2D eigenvalue weighted by atomic mass is 32.2. The predicted molar refractivity (Wildman–Crippen MR) is 62.8 cm³/mol. The number of rotatable bonds is 6. The second kappa shape index (κ2) is 8.43. The molecule has 0 saturated carbocycles. The topological polar surface area (TPSA) is 53.5 Å². The fraction of sp³-hybridized carbons (Fsp3) is 0.556. The summed E-state index contributed by atoms with van der Waals surface area (Å²) in [6.07, 6.45) is 2.95. The van der Waals surface area contributed by atoms with E-state index in [9.17, 15) is 9.18 Å². The van der Waals surface area contributed by atoms with Crippen LogP contribution in [0, 0.1) is 0 Å². The standard InChI is InChI=1S/C9H16FN3OS/c1-4-12-7(8(10)15-3)9(14)13-6-5-11-2/h4,11H,5-6H2,1-3H3,(H,13,14)/b8-7-,12-4?. The van der Waals surface area contributed by atoms with Gasteiger partial charge in [0.25, 0.3) is 5.91 Å². The molecule has 1 amide bonds. The first-order chi connectivity index (χ1) is 7.17. The van der Waals surface area contributed by atoms with Gasteiger partial charge in [-0.1, -0.05) is 11.8 Å². The lowest BCUT2D eigenvalue weighted by molar-refractivity contribution is -0.117. The zero-order valence-electron chi connectivity index (χ0n) is 9.13. The van der Waals surface area contributed by atoms with Gasteiger partial charge < -0.3 is 10.6 Å². The highest BCUT2D eigenvalue weighted by Gasteiger charge is 2.13. The van der Waals surface area contributed by atoms with E-state index in [4.69, 9.17) is 0 Å². The van der Waals surface area contributed by atoms with Crippen molar-refractivity contribution in [1.82, 2.24) is 10.6 Å². The number of halogens is 1. The van der Waals surface area contributed by atoms with Crippen molar-refractivity contribution in [3.8, 4) is 0 Å². The van der Waals surface area contributed by atoms with Gasteiger partial charge in [0.15, 0.2) is 10.9 Å². The molecular weight excluding hydrogens is 217 g/mol. The van der Waals surface area contributed by atoms with Crippen LogP contribution in [0.25, 0.3) is 0 Å². The first kappa shape index (κ1) is 14.1. The van der Waals surface area contributed by atoms with Crippen molar-refractivity contribution in [3.63, 3.8) is 0 Å². The van der Waals surface area contributed by atoms with E-state index in [1.54, 1.807) is 20.2 Å². The normalized spacial score (nSPS) is 12.8. The Morgan fingerprint density at radius 1 is 1.53 bits per heavy atom. The summed E-state index contributed by atoms with van der Waals surface area (Å²) in [7, 11) is 1.77. The largest absolute Gasteiger partial charge is 0.349 e. The van der Waals surface area contributed by atoms with Crippen LogP contribution < -0.4 is 10.6 Å². The van der Waals surface area contributed by atoms with E-state index >= 15 is 0 Å². The molecule has 2 N–H and O–H groups in total. The molecule has 6 heteroatoms. The van der Waals surface area contributed by atoms with Crippen LogP contribution in [0.4, 0.5) is 4.39 Å². The van der Waals surface area contributed by atoms with Crippen LogP contribution in [-0.4, -0.2) is 38.5 Å². The van der Waals surface area contributed by atoms with Crippen LogP contribution in [0.2, 0.25) is 0 Å². The molecule has 0 aromatic carbocycles. The Bertz CT molecular complexity index is 266.